The van der Waals surface area contributed by atoms with Gasteiger partial charge in [-0.15, -0.1) is 47.9 Å². The van der Waals surface area contributed by atoms with Gasteiger partial charge in [-0.25, -0.2) is 12.2 Å². The molecule has 0 N–H and O–H groups in total. The number of allylic oxidation sites excluding steroid dienone is 4. The van der Waals surface area contributed by atoms with Gasteiger partial charge in [-0.05, 0) is 39.4 Å². The second kappa shape index (κ2) is 19.3. The zero-order valence-corrected chi connectivity index (χ0v) is 43.0. The molecule has 0 fully saturated rings. The second-order valence-electron chi connectivity index (χ2n) is 19.8. The fourth-order valence-corrected chi connectivity index (χ4v) is 9.60. The molecule has 0 amide bonds. The standard InChI is InChI=1S/C29H41.C21H12Cl2.C5H5.2ClH.Zr/c1-26(2,3)22-14-18-13-19-15-23(27(4,5)6)25(29(10,11)12)17-21(19)20(18)16-24(22)28(7,8)9;22-20-11-9-14(16-5-1-3-7-18(16)20)13-15-10-12-21(23)19-8-4-2-6-17(15)19;1-2-4-5-3-1;;;/h14,16-17H,13H2,1-12H3;1-12H;1-3H,4H2;2*1H;/q-1;;-1;;;+2. The third-order valence-electron chi connectivity index (χ3n) is 11.1. The second-order valence-corrected chi connectivity index (χ2v) is 21.9. The Bertz CT molecular complexity index is 2400. The normalized spacial score (nSPS) is 13.1. The van der Waals surface area contributed by atoms with Gasteiger partial charge in [0.15, 0.2) is 0 Å². The van der Waals surface area contributed by atoms with Crippen LogP contribution in [-0.2, 0) is 52.3 Å². The van der Waals surface area contributed by atoms with Crippen molar-refractivity contribution in [3.8, 4) is 11.1 Å². The molecule has 6 aromatic rings. The van der Waals surface area contributed by atoms with Crippen LogP contribution in [0.5, 0.6) is 0 Å². The molecule has 8 rings (SSSR count). The van der Waals surface area contributed by atoms with Crippen LogP contribution in [0, 0.1) is 12.1 Å². The van der Waals surface area contributed by atoms with Crippen LogP contribution in [0.15, 0.2) is 109 Å². The molecule has 312 valence electrons. The van der Waals surface area contributed by atoms with Crippen molar-refractivity contribution >= 4 is 72.8 Å². The molecule has 2 aliphatic carbocycles. The van der Waals surface area contributed by atoms with E-state index in [4.69, 9.17) is 23.2 Å². The van der Waals surface area contributed by atoms with Gasteiger partial charge < -0.3 is 0 Å². The summed E-state index contributed by atoms with van der Waals surface area (Å²) in [5, 5.41) is 6.15. The molecule has 0 spiro atoms. The van der Waals surface area contributed by atoms with E-state index in [9.17, 15) is 0 Å². The average Bonchev–Trinajstić information content (AvgIpc) is 3.85. The molecule has 2 aliphatic rings. The number of halogens is 4. The van der Waals surface area contributed by atoms with Crippen molar-refractivity contribution in [2.75, 3.05) is 0 Å². The summed E-state index contributed by atoms with van der Waals surface area (Å²) in [5.74, 6) is 0. The molecule has 0 nitrogen and oxygen atoms in total. The molecule has 0 aromatic heterocycles. The van der Waals surface area contributed by atoms with Crippen LogP contribution in [0.25, 0.3) is 32.7 Å². The molecule has 60 heavy (non-hydrogen) atoms. The van der Waals surface area contributed by atoms with Crippen molar-refractivity contribution in [1.82, 2.24) is 0 Å². The van der Waals surface area contributed by atoms with Gasteiger partial charge in [0.2, 0.25) is 0 Å². The fourth-order valence-electron chi connectivity index (χ4n) is 8.07. The molecule has 0 atom stereocenters. The first-order valence-electron chi connectivity index (χ1n) is 20.5. The van der Waals surface area contributed by atoms with Crippen LogP contribution in [0.2, 0.25) is 10.0 Å². The maximum absolute atomic E-state index is 6.38. The van der Waals surface area contributed by atoms with Crippen LogP contribution in [0.4, 0.5) is 0 Å². The van der Waals surface area contributed by atoms with E-state index in [0.29, 0.717) is 0 Å². The van der Waals surface area contributed by atoms with E-state index in [1.54, 1.807) is 0 Å². The molecule has 0 saturated heterocycles. The van der Waals surface area contributed by atoms with Crippen molar-refractivity contribution in [1.29, 1.82) is 0 Å². The van der Waals surface area contributed by atoms with Crippen molar-refractivity contribution in [2.24, 2.45) is 0 Å². The summed E-state index contributed by atoms with van der Waals surface area (Å²) in [4.78, 5) is 0. The number of fused-ring (bicyclic) bond motifs is 5. The molecule has 0 unspecified atom stereocenters. The monoisotopic (exact) mass is 950 g/mol. The molecule has 0 heterocycles. The first kappa shape index (κ1) is 49.9. The minimum absolute atomic E-state index is 0. The zero-order chi connectivity index (χ0) is 42.4. The minimum atomic E-state index is 0. The van der Waals surface area contributed by atoms with Gasteiger partial charge in [0.05, 0.1) is 0 Å². The van der Waals surface area contributed by atoms with E-state index in [-0.39, 0.29) is 46.5 Å². The maximum Gasteiger partial charge on any atom is -0.109 e. The summed E-state index contributed by atoms with van der Waals surface area (Å²) in [6, 6.07) is 36.2. The molecule has 0 aliphatic heterocycles. The Morgan fingerprint density at radius 2 is 1.00 bits per heavy atom. The summed E-state index contributed by atoms with van der Waals surface area (Å²) >= 11 is 14.1. The van der Waals surface area contributed by atoms with Crippen LogP contribution in [-0.4, -0.2) is 3.21 Å². The molecule has 0 saturated carbocycles. The number of hydrogen-bond acceptors (Lipinski definition) is 0. The van der Waals surface area contributed by atoms with Crippen LogP contribution in [0.3, 0.4) is 0 Å². The van der Waals surface area contributed by atoms with Crippen molar-refractivity contribution in [3.63, 3.8) is 0 Å². The average molecular weight is 954 g/mol. The Morgan fingerprint density at radius 3 is 1.40 bits per heavy atom. The minimum Gasteiger partial charge on any atom is -0.273 e. The predicted molar refractivity (Wildman–Crippen MR) is 266 cm³/mol. The Kier molecular flexibility index (Phi) is 16.1. The molecule has 0 radical (unpaired) electrons. The summed E-state index contributed by atoms with van der Waals surface area (Å²) in [7, 11) is 0. The van der Waals surface area contributed by atoms with Crippen molar-refractivity contribution in [2.45, 2.75) is 118 Å². The van der Waals surface area contributed by atoms with Gasteiger partial charge in [0.1, 0.15) is 0 Å². The molecule has 0 bridgehead atoms. The van der Waals surface area contributed by atoms with Crippen LogP contribution < -0.4 is 0 Å². The number of benzene rings is 6. The Morgan fingerprint density at radius 1 is 0.550 bits per heavy atom. The smallest absolute Gasteiger partial charge is 0.109 e. The van der Waals surface area contributed by atoms with E-state index in [2.05, 4.69) is 168 Å². The van der Waals surface area contributed by atoms with Gasteiger partial charge in [0.25, 0.3) is 0 Å². The van der Waals surface area contributed by atoms with E-state index >= 15 is 0 Å². The van der Waals surface area contributed by atoms with E-state index in [0.717, 1.165) is 33.7 Å². The molecular formula is C55H60Cl4Zr. The Hall–Kier alpha value is -2.77. The predicted octanol–water partition coefficient (Wildman–Crippen LogP) is 16.8. The Balaban J connectivity index is 0.000000232. The van der Waals surface area contributed by atoms with E-state index < -0.39 is 0 Å². The third-order valence-corrected chi connectivity index (χ3v) is 13.1. The quantitative estimate of drug-likeness (QED) is 0.152. The molecule has 5 heteroatoms. The van der Waals surface area contributed by atoms with Crippen LogP contribution >= 0.6 is 48.0 Å². The number of rotatable bonds is 2. The molecule has 6 aromatic carbocycles. The largest absolute Gasteiger partial charge is 0.273 e. The summed E-state index contributed by atoms with van der Waals surface area (Å²) in [6.07, 6.45) is 11.0. The first-order valence-corrected chi connectivity index (χ1v) is 22.5. The van der Waals surface area contributed by atoms with Crippen molar-refractivity contribution in [3.05, 3.63) is 176 Å². The number of hydrogen-bond donors (Lipinski definition) is 0. The summed E-state index contributed by atoms with van der Waals surface area (Å²) < 4.78 is 1.31. The fraction of sp³-hybridized carbons (Fsp3) is 0.327. The summed E-state index contributed by atoms with van der Waals surface area (Å²) in [5.41, 5.74) is 14.4. The molecular weight excluding hydrogens is 894 g/mol. The zero-order valence-electron chi connectivity index (χ0n) is 37.4. The topological polar surface area (TPSA) is 0 Å². The van der Waals surface area contributed by atoms with Gasteiger partial charge in [-0.3, -0.25) is 6.08 Å². The SMILES string of the molecule is CC(C)(C)c1[c-]c2c(cc1C(C)(C)C)-c1cc(C(C)(C)C)c(C(C)(C)C)cc1C2.Cl.Cl.Clc1ccc([C](=[Zr+2])c2ccc(Cl)c3ccccc23)c2ccccc12.[C-]1=CC=CC1. The third kappa shape index (κ3) is 10.9. The van der Waals surface area contributed by atoms with Gasteiger partial charge >= 0.3 is 166 Å². The summed E-state index contributed by atoms with van der Waals surface area (Å²) in [6.45, 7) is 28.0. The van der Waals surface area contributed by atoms with Crippen LogP contribution in [0.1, 0.15) is 134 Å². The maximum atomic E-state index is 6.38. The van der Waals surface area contributed by atoms with Crippen molar-refractivity contribution < 1.29 is 24.2 Å². The van der Waals surface area contributed by atoms with Gasteiger partial charge in [-0.2, -0.15) is 23.8 Å². The van der Waals surface area contributed by atoms with Gasteiger partial charge in [-0.1, -0.05) is 106 Å². The van der Waals surface area contributed by atoms with E-state index in [1.807, 2.05) is 36.4 Å². The Labute approximate surface area is 398 Å². The van der Waals surface area contributed by atoms with E-state index in [1.165, 1.54) is 93.8 Å². The first-order chi connectivity index (χ1) is 27.1. The van der Waals surface area contributed by atoms with Gasteiger partial charge in [0, 0.05) is 0 Å².